The zero-order valence-electron chi connectivity index (χ0n) is 14.4. The summed E-state index contributed by atoms with van der Waals surface area (Å²) in [5, 5.41) is 15.1. The molecular weight excluding hydrogens is 342 g/mol. The lowest BCUT2D eigenvalue weighted by atomic mass is 10.1. The maximum Gasteiger partial charge on any atom is 0.230 e. The minimum absolute atomic E-state index is 0.101. The summed E-state index contributed by atoms with van der Waals surface area (Å²) < 4.78 is 13.2. The van der Waals surface area contributed by atoms with Gasteiger partial charge in [0.1, 0.15) is 12.7 Å². The van der Waals surface area contributed by atoms with Gasteiger partial charge in [-0.2, -0.15) is 0 Å². The fraction of sp³-hybridized carbons (Fsp3) is 0.500. The number of thioether (sulfide) groups is 1. The Morgan fingerprint density at radius 1 is 1.36 bits per heavy atom. The van der Waals surface area contributed by atoms with Crippen molar-refractivity contribution in [1.82, 2.24) is 25.5 Å². The molecule has 8 nitrogen and oxygen atoms in total. The smallest absolute Gasteiger partial charge is 0.230 e. The van der Waals surface area contributed by atoms with E-state index in [0.717, 1.165) is 5.75 Å². The van der Waals surface area contributed by atoms with E-state index < -0.39 is 0 Å². The van der Waals surface area contributed by atoms with Crippen LogP contribution in [0.1, 0.15) is 20.8 Å². The van der Waals surface area contributed by atoms with Gasteiger partial charge in [0.2, 0.25) is 11.1 Å². The van der Waals surface area contributed by atoms with Gasteiger partial charge in [0.15, 0.2) is 11.5 Å². The zero-order valence-corrected chi connectivity index (χ0v) is 15.2. The second-order valence-corrected chi connectivity index (χ2v) is 7.58. The molecule has 9 heteroatoms. The van der Waals surface area contributed by atoms with Gasteiger partial charge in [-0.25, -0.2) is 4.68 Å². The number of para-hydroxylation sites is 2. The monoisotopic (exact) mass is 363 g/mol. The lowest BCUT2D eigenvalue weighted by Gasteiger charge is -2.26. The van der Waals surface area contributed by atoms with Crippen LogP contribution in [0.2, 0.25) is 0 Å². The van der Waals surface area contributed by atoms with Crippen molar-refractivity contribution in [3.63, 3.8) is 0 Å². The Balaban J connectivity index is 1.46. The molecule has 1 atom stereocenters. The molecule has 134 valence electrons. The molecule has 2 heterocycles. The molecule has 0 fully saturated rings. The van der Waals surface area contributed by atoms with Gasteiger partial charge >= 0.3 is 0 Å². The number of aromatic nitrogens is 4. The van der Waals surface area contributed by atoms with Gasteiger partial charge < -0.3 is 14.8 Å². The van der Waals surface area contributed by atoms with Crippen molar-refractivity contribution in [3.05, 3.63) is 24.3 Å². The predicted octanol–water partition coefficient (Wildman–Crippen LogP) is 1.48. The number of carbonyl (C=O) groups excluding carboxylic acids is 1. The molecule has 1 N–H and O–H groups in total. The zero-order chi connectivity index (χ0) is 17.9. The van der Waals surface area contributed by atoms with E-state index in [-0.39, 0.29) is 23.3 Å². The number of hydrogen-bond donors (Lipinski definition) is 1. The van der Waals surface area contributed by atoms with Gasteiger partial charge in [-0.15, -0.1) is 5.10 Å². The van der Waals surface area contributed by atoms with Crippen LogP contribution in [-0.2, 0) is 10.3 Å². The van der Waals surface area contributed by atoms with Crippen molar-refractivity contribution >= 4 is 17.7 Å². The van der Waals surface area contributed by atoms with Gasteiger partial charge in [0, 0.05) is 0 Å². The summed E-state index contributed by atoms with van der Waals surface area (Å²) in [5.41, 5.74) is -0.233. The van der Waals surface area contributed by atoms with Crippen LogP contribution in [0.25, 0.3) is 0 Å². The van der Waals surface area contributed by atoms with Crippen LogP contribution in [0.5, 0.6) is 11.5 Å². The Labute approximate surface area is 150 Å². The van der Waals surface area contributed by atoms with Crippen molar-refractivity contribution in [1.29, 1.82) is 0 Å². The number of nitrogens with one attached hydrogen (secondary N) is 1. The van der Waals surface area contributed by atoms with E-state index >= 15 is 0 Å². The summed E-state index contributed by atoms with van der Waals surface area (Å²) in [6, 6.07) is 7.50. The highest BCUT2D eigenvalue weighted by atomic mass is 32.2. The van der Waals surface area contributed by atoms with Gasteiger partial charge in [0.25, 0.3) is 0 Å². The standard InChI is InChI=1S/C16H21N5O3S/c1-16(2,3)21-15(18-19-20-21)25-10-14(22)17-8-11-9-23-12-6-4-5-7-13(12)24-11/h4-7,11H,8-10H2,1-3H3,(H,17,22)/t11-/m1/s1. The highest BCUT2D eigenvalue weighted by Crippen LogP contribution is 2.30. The number of carbonyl (C=O) groups is 1. The fourth-order valence-electron chi connectivity index (χ4n) is 2.26. The maximum absolute atomic E-state index is 12.1. The number of rotatable bonds is 5. The number of nitrogens with zero attached hydrogens (tertiary/aromatic N) is 4. The van der Waals surface area contributed by atoms with E-state index in [9.17, 15) is 4.79 Å². The van der Waals surface area contributed by atoms with Crippen molar-refractivity contribution in [3.8, 4) is 11.5 Å². The first-order valence-electron chi connectivity index (χ1n) is 8.00. The first kappa shape index (κ1) is 17.5. The Kier molecular flexibility index (Phi) is 5.12. The number of ether oxygens (including phenoxy) is 2. The fourth-order valence-corrected chi connectivity index (χ4v) is 3.15. The van der Waals surface area contributed by atoms with E-state index in [2.05, 4.69) is 20.8 Å². The number of hydrogen-bond acceptors (Lipinski definition) is 7. The van der Waals surface area contributed by atoms with Crippen LogP contribution in [0.15, 0.2) is 29.4 Å². The Hall–Kier alpha value is -2.29. The van der Waals surface area contributed by atoms with Crippen LogP contribution >= 0.6 is 11.8 Å². The van der Waals surface area contributed by atoms with E-state index in [1.807, 2.05) is 45.0 Å². The molecule has 1 aromatic heterocycles. The van der Waals surface area contributed by atoms with Crippen LogP contribution in [0, 0.1) is 0 Å². The average Bonchev–Trinajstić information content (AvgIpc) is 3.07. The molecule has 0 radical (unpaired) electrons. The first-order valence-corrected chi connectivity index (χ1v) is 8.99. The number of tetrazole rings is 1. The molecule has 3 rings (SSSR count). The summed E-state index contributed by atoms with van der Waals surface area (Å²) in [6.07, 6.45) is -0.205. The summed E-state index contributed by atoms with van der Waals surface area (Å²) in [7, 11) is 0. The minimum Gasteiger partial charge on any atom is -0.486 e. The number of benzene rings is 1. The molecule has 1 amide bonds. The molecule has 0 bridgehead atoms. The molecule has 0 saturated carbocycles. The molecule has 0 unspecified atom stereocenters. The molecule has 0 aliphatic carbocycles. The molecule has 1 aromatic carbocycles. The molecule has 0 spiro atoms. The molecule has 0 saturated heterocycles. The van der Waals surface area contributed by atoms with Crippen LogP contribution in [0.3, 0.4) is 0 Å². The summed E-state index contributed by atoms with van der Waals surface area (Å²) in [6.45, 7) is 6.81. The lowest BCUT2D eigenvalue weighted by Crippen LogP contribution is -2.41. The third kappa shape index (κ3) is 4.41. The third-order valence-electron chi connectivity index (χ3n) is 3.50. The van der Waals surface area contributed by atoms with Crippen molar-refractivity contribution in [2.24, 2.45) is 0 Å². The van der Waals surface area contributed by atoms with Crippen molar-refractivity contribution < 1.29 is 14.3 Å². The Bertz CT molecular complexity index is 743. The molecule has 25 heavy (non-hydrogen) atoms. The summed E-state index contributed by atoms with van der Waals surface area (Å²) in [4.78, 5) is 12.1. The normalized spacial score (nSPS) is 16.5. The average molecular weight is 363 g/mol. The van der Waals surface area contributed by atoms with E-state index in [1.165, 1.54) is 11.8 Å². The highest BCUT2D eigenvalue weighted by molar-refractivity contribution is 7.99. The van der Waals surface area contributed by atoms with Crippen molar-refractivity contribution in [2.75, 3.05) is 18.9 Å². The largest absolute Gasteiger partial charge is 0.486 e. The van der Waals surface area contributed by atoms with Gasteiger partial charge in [-0.1, -0.05) is 23.9 Å². The van der Waals surface area contributed by atoms with E-state index in [0.29, 0.717) is 24.1 Å². The van der Waals surface area contributed by atoms with Crippen LogP contribution in [-0.4, -0.2) is 51.1 Å². The molecule has 1 aliphatic heterocycles. The Morgan fingerprint density at radius 2 is 2.12 bits per heavy atom. The second-order valence-electron chi connectivity index (χ2n) is 6.63. The van der Waals surface area contributed by atoms with E-state index in [1.54, 1.807) is 4.68 Å². The molecular formula is C16H21N5O3S. The van der Waals surface area contributed by atoms with E-state index in [4.69, 9.17) is 9.47 Å². The SMILES string of the molecule is CC(C)(C)n1nnnc1SCC(=O)NC[C@@H]1COc2ccccc2O1. The van der Waals surface area contributed by atoms with Gasteiger partial charge in [0.05, 0.1) is 17.8 Å². The van der Waals surface area contributed by atoms with Crippen molar-refractivity contribution in [2.45, 2.75) is 37.6 Å². The predicted molar refractivity (Wildman–Crippen MR) is 92.9 cm³/mol. The number of fused-ring (bicyclic) bond motifs is 1. The quantitative estimate of drug-likeness (QED) is 0.805. The summed E-state index contributed by atoms with van der Waals surface area (Å²) in [5.74, 6) is 1.57. The second kappa shape index (κ2) is 7.30. The minimum atomic E-state index is -0.233. The molecule has 1 aliphatic rings. The third-order valence-corrected chi connectivity index (χ3v) is 4.42. The molecule has 2 aromatic rings. The van der Waals surface area contributed by atoms with Crippen LogP contribution < -0.4 is 14.8 Å². The lowest BCUT2D eigenvalue weighted by molar-refractivity contribution is -0.119. The summed E-state index contributed by atoms with van der Waals surface area (Å²) >= 11 is 1.31. The Morgan fingerprint density at radius 3 is 2.88 bits per heavy atom. The van der Waals surface area contributed by atoms with Gasteiger partial charge in [-0.05, 0) is 43.3 Å². The van der Waals surface area contributed by atoms with Gasteiger partial charge in [-0.3, -0.25) is 4.79 Å². The highest BCUT2D eigenvalue weighted by Gasteiger charge is 2.22. The first-order chi connectivity index (χ1) is 11.9. The topological polar surface area (TPSA) is 91.2 Å². The number of amides is 1. The maximum atomic E-state index is 12.1. The van der Waals surface area contributed by atoms with Crippen LogP contribution in [0.4, 0.5) is 0 Å².